The van der Waals surface area contributed by atoms with Crippen molar-refractivity contribution in [1.29, 1.82) is 0 Å². The van der Waals surface area contributed by atoms with Crippen molar-refractivity contribution in [3.05, 3.63) is 95.1 Å². The SMILES string of the molecule is C[C@H](COc1ccc(C2c3ccc(O)cc3CC[C@@H]2c2ccccc2)cc1)N1CCN(CC(=O)OC(C)(C)C)CC1. The van der Waals surface area contributed by atoms with Crippen LogP contribution >= 0.6 is 0 Å². The average Bonchev–Trinajstić information content (AvgIpc) is 2.95. The largest absolute Gasteiger partial charge is 0.508 e. The Labute approximate surface area is 244 Å². The van der Waals surface area contributed by atoms with Gasteiger partial charge < -0.3 is 14.6 Å². The molecule has 0 bridgehead atoms. The second-order valence-corrected chi connectivity index (χ2v) is 12.5. The van der Waals surface area contributed by atoms with Crippen molar-refractivity contribution in [3.8, 4) is 11.5 Å². The van der Waals surface area contributed by atoms with Gasteiger partial charge in [0.1, 0.15) is 23.7 Å². The maximum absolute atomic E-state index is 12.2. The molecule has 1 heterocycles. The molecule has 0 amide bonds. The summed E-state index contributed by atoms with van der Waals surface area (Å²) in [7, 11) is 0. The number of hydrogen-bond acceptors (Lipinski definition) is 6. The summed E-state index contributed by atoms with van der Waals surface area (Å²) in [5.74, 6) is 1.67. The van der Waals surface area contributed by atoms with Crippen LogP contribution in [0.25, 0.3) is 0 Å². The van der Waals surface area contributed by atoms with Crippen LogP contribution in [0.4, 0.5) is 0 Å². The molecule has 0 radical (unpaired) electrons. The molecule has 1 N–H and O–H groups in total. The van der Waals surface area contributed by atoms with Gasteiger partial charge in [0, 0.05) is 38.1 Å². The van der Waals surface area contributed by atoms with Gasteiger partial charge in [-0.25, -0.2) is 0 Å². The molecule has 1 saturated heterocycles. The van der Waals surface area contributed by atoms with E-state index in [1.807, 2.05) is 32.9 Å². The molecule has 41 heavy (non-hydrogen) atoms. The van der Waals surface area contributed by atoms with E-state index in [4.69, 9.17) is 9.47 Å². The molecule has 0 spiro atoms. The molecule has 1 unspecified atom stereocenters. The van der Waals surface area contributed by atoms with E-state index in [2.05, 4.69) is 77.4 Å². The van der Waals surface area contributed by atoms with Gasteiger partial charge in [-0.1, -0.05) is 48.5 Å². The molecular weight excluding hydrogens is 512 g/mol. The highest BCUT2D eigenvalue weighted by molar-refractivity contribution is 5.72. The van der Waals surface area contributed by atoms with Gasteiger partial charge in [-0.2, -0.15) is 0 Å². The molecule has 5 rings (SSSR count). The molecule has 1 aliphatic heterocycles. The third kappa shape index (κ3) is 7.49. The Kier molecular flexibility index (Phi) is 9.00. The highest BCUT2D eigenvalue weighted by Crippen LogP contribution is 2.47. The number of benzene rings is 3. The van der Waals surface area contributed by atoms with Crippen LogP contribution in [-0.2, 0) is 16.0 Å². The molecule has 3 aromatic rings. The van der Waals surface area contributed by atoms with Gasteiger partial charge in [-0.3, -0.25) is 14.6 Å². The lowest BCUT2D eigenvalue weighted by molar-refractivity contribution is -0.156. The number of nitrogens with zero attached hydrogens (tertiary/aromatic N) is 2. The second kappa shape index (κ2) is 12.7. The van der Waals surface area contributed by atoms with Gasteiger partial charge in [-0.05, 0) is 93.0 Å². The molecule has 1 fully saturated rings. The second-order valence-electron chi connectivity index (χ2n) is 12.5. The number of piperazine rings is 1. The zero-order chi connectivity index (χ0) is 29.0. The highest BCUT2D eigenvalue weighted by Gasteiger charge is 2.32. The van der Waals surface area contributed by atoms with Crippen LogP contribution in [-0.4, -0.2) is 71.8 Å². The topological polar surface area (TPSA) is 62.2 Å². The summed E-state index contributed by atoms with van der Waals surface area (Å²) < 4.78 is 11.7. The van der Waals surface area contributed by atoms with E-state index in [-0.39, 0.29) is 17.9 Å². The number of carbonyl (C=O) groups excluding carboxylic acids is 1. The first-order chi connectivity index (χ1) is 19.7. The van der Waals surface area contributed by atoms with Gasteiger partial charge in [0.15, 0.2) is 0 Å². The summed E-state index contributed by atoms with van der Waals surface area (Å²) in [6.45, 7) is 12.4. The molecule has 6 heteroatoms. The number of hydrogen-bond donors (Lipinski definition) is 1. The third-order valence-corrected chi connectivity index (χ3v) is 8.35. The molecule has 2 aliphatic rings. The minimum atomic E-state index is -0.447. The zero-order valence-electron chi connectivity index (χ0n) is 24.9. The first-order valence-corrected chi connectivity index (χ1v) is 14.9. The van der Waals surface area contributed by atoms with Crippen molar-refractivity contribution in [2.45, 2.75) is 64.0 Å². The van der Waals surface area contributed by atoms with Gasteiger partial charge in [0.05, 0.1) is 6.54 Å². The maximum Gasteiger partial charge on any atom is 0.320 e. The van der Waals surface area contributed by atoms with Crippen LogP contribution in [0.2, 0.25) is 0 Å². The molecule has 6 nitrogen and oxygen atoms in total. The Morgan fingerprint density at radius 3 is 2.34 bits per heavy atom. The summed E-state index contributed by atoms with van der Waals surface area (Å²) in [5, 5.41) is 10.1. The minimum Gasteiger partial charge on any atom is -0.508 e. The fourth-order valence-electron chi connectivity index (χ4n) is 6.29. The number of esters is 1. The predicted octanol–water partition coefficient (Wildman–Crippen LogP) is 5.98. The lowest BCUT2D eigenvalue weighted by Gasteiger charge is -2.37. The van der Waals surface area contributed by atoms with E-state index in [0.29, 0.717) is 24.8 Å². The molecule has 3 aromatic carbocycles. The molecule has 0 aromatic heterocycles. The fraction of sp³-hybridized carbons (Fsp3) is 0.457. The number of phenols is 1. The summed E-state index contributed by atoms with van der Waals surface area (Å²) >= 11 is 0. The number of fused-ring (bicyclic) bond motifs is 1. The van der Waals surface area contributed by atoms with Crippen LogP contribution < -0.4 is 4.74 Å². The van der Waals surface area contributed by atoms with Crippen molar-refractivity contribution in [2.75, 3.05) is 39.3 Å². The zero-order valence-corrected chi connectivity index (χ0v) is 24.9. The normalized spacial score (nSPS) is 20.7. The molecular formula is C35H44N2O4. The van der Waals surface area contributed by atoms with E-state index in [1.54, 1.807) is 0 Å². The Morgan fingerprint density at radius 1 is 0.951 bits per heavy atom. The molecule has 3 atom stereocenters. The predicted molar refractivity (Wildman–Crippen MR) is 163 cm³/mol. The van der Waals surface area contributed by atoms with E-state index in [1.165, 1.54) is 22.3 Å². The number of carbonyl (C=O) groups is 1. The standard InChI is InChI=1S/C35H44N2O4/c1-25(37-20-18-36(19-21-37)23-33(39)41-35(2,3)4)24-40-30-14-10-27(11-15-30)34-31(26-8-6-5-7-9-26)16-12-28-22-29(38)13-17-32(28)34/h5-11,13-15,17,22,25,31,34,38H,12,16,18-21,23-24H2,1-4H3/t25-,31-,34?/m1/s1. The van der Waals surface area contributed by atoms with E-state index >= 15 is 0 Å². The number of rotatable bonds is 8. The van der Waals surface area contributed by atoms with E-state index in [0.717, 1.165) is 44.8 Å². The van der Waals surface area contributed by atoms with Crippen LogP contribution in [0.3, 0.4) is 0 Å². The van der Waals surface area contributed by atoms with Gasteiger partial charge in [0.25, 0.3) is 0 Å². The summed E-state index contributed by atoms with van der Waals surface area (Å²) in [5.41, 5.74) is 4.72. The van der Waals surface area contributed by atoms with E-state index in [9.17, 15) is 9.90 Å². The fourth-order valence-corrected chi connectivity index (χ4v) is 6.29. The Morgan fingerprint density at radius 2 is 1.66 bits per heavy atom. The summed E-state index contributed by atoms with van der Waals surface area (Å²) in [6, 6.07) is 25.5. The van der Waals surface area contributed by atoms with Gasteiger partial charge in [-0.15, -0.1) is 0 Å². The highest BCUT2D eigenvalue weighted by atomic mass is 16.6. The monoisotopic (exact) mass is 556 g/mol. The average molecular weight is 557 g/mol. The maximum atomic E-state index is 12.2. The molecule has 0 saturated carbocycles. The van der Waals surface area contributed by atoms with Crippen molar-refractivity contribution in [1.82, 2.24) is 9.80 Å². The quantitative estimate of drug-likeness (QED) is 0.345. The molecule has 218 valence electrons. The third-order valence-electron chi connectivity index (χ3n) is 8.35. The first-order valence-electron chi connectivity index (χ1n) is 14.9. The van der Waals surface area contributed by atoms with Crippen molar-refractivity contribution in [2.24, 2.45) is 0 Å². The van der Waals surface area contributed by atoms with Crippen LogP contribution in [0, 0.1) is 0 Å². The van der Waals surface area contributed by atoms with Crippen molar-refractivity contribution < 1.29 is 19.4 Å². The summed E-state index contributed by atoms with van der Waals surface area (Å²) in [4.78, 5) is 16.8. The summed E-state index contributed by atoms with van der Waals surface area (Å²) in [6.07, 6.45) is 2.01. The number of phenolic OH excluding ortho intramolecular Hbond substituents is 1. The van der Waals surface area contributed by atoms with Crippen LogP contribution in [0.5, 0.6) is 11.5 Å². The smallest absolute Gasteiger partial charge is 0.320 e. The van der Waals surface area contributed by atoms with Gasteiger partial charge in [0.2, 0.25) is 0 Å². The molecule has 1 aliphatic carbocycles. The Balaban J connectivity index is 1.19. The lowest BCUT2D eigenvalue weighted by atomic mass is 9.69. The van der Waals surface area contributed by atoms with Gasteiger partial charge >= 0.3 is 5.97 Å². The lowest BCUT2D eigenvalue weighted by Crippen LogP contribution is -2.52. The Bertz CT molecular complexity index is 1290. The number of ether oxygens (including phenoxy) is 2. The first kappa shape index (κ1) is 29.2. The van der Waals surface area contributed by atoms with Crippen molar-refractivity contribution >= 4 is 5.97 Å². The van der Waals surface area contributed by atoms with Crippen LogP contribution in [0.1, 0.15) is 68.2 Å². The minimum absolute atomic E-state index is 0.157. The Hall–Kier alpha value is -3.35. The van der Waals surface area contributed by atoms with E-state index < -0.39 is 5.60 Å². The number of aromatic hydroxyl groups is 1. The van der Waals surface area contributed by atoms with Crippen molar-refractivity contribution in [3.63, 3.8) is 0 Å². The number of aryl methyl sites for hydroxylation is 1. The van der Waals surface area contributed by atoms with Crippen LogP contribution in [0.15, 0.2) is 72.8 Å².